The molecule has 2 aromatic carbocycles. The van der Waals surface area contributed by atoms with Crippen LogP contribution >= 0.6 is 11.8 Å². The van der Waals surface area contributed by atoms with Gasteiger partial charge in [0.15, 0.2) is 5.78 Å². The first-order valence-corrected chi connectivity index (χ1v) is 8.19. The number of carbonyl (C=O) groups is 2. The van der Waals surface area contributed by atoms with Gasteiger partial charge in [0, 0.05) is 10.5 Å². The number of thioether (sulfide) groups is 1. The fourth-order valence-corrected chi connectivity index (χ4v) is 2.60. The minimum atomic E-state index is -4.43. The highest BCUT2D eigenvalue weighted by atomic mass is 32.2. The Morgan fingerprint density at radius 2 is 1.73 bits per heavy atom. The van der Waals surface area contributed by atoms with E-state index in [0.29, 0.717) is 5.56 Å². The SMILES string of the molecule is O=C(O)CSc1ccc(C(=O)/C=C/c2ccc(C(F)(F)F)cc2)cc1F. The number of carboxylic acid groups (broad SMARTS) is 1. The molecule has 0 amide bonds. The van der Waals surface area contributed by atoms with Crippen molar-refractivity contribution in [2.75, 3.05) is 5.75 Å². The van der Waals surface area contributed by atoms with Gasteiger partial charge in [-0.25, -0.2) is 4.39 Å². The predicted molar refractivity (Wildman–Crippen MR) is 89.6 cm³/mol. The van der Waals surface area contributed by atoms with Gasteiger partial charge in [0.05, 0.1) is 11.3 Å². The standard InChI is InChI=1S/C18H12F4O3S/c19-14-9-12(4-8-16(14)26-10-17(24)25)15(23)7-3-11-1-5-13(6-2-11)18(20,21)22/h1-9H,10H2,(H,24,25)/b7-3+. The molecule has 0 aliphatic rings. The number of allylic oxidation sites excluding steroid dienone is 1. The van der Waals surface area contributed by atoms with Gasteiger partial charge in [-0.1, -0.05) is 18.2 Å². The highest BCUT2D eigenvalue weighted by Gasteiger charge is 2.29. The summed E-state index contributed by atoms with van der Waals surface area (Å²) in [5, 5.41) is 8.58. The predicted octanol–water partition coefficient (Wildman–Crippen LogP) is 4.92. The van der Waals surface area contributed by atoms with E-state index in [1.165, 1.54) is 30.3 Å². The molecule has 0 aliphatic carbocycles. The summed E-state index contributed by atoms with van der Waals surface area (Å²) in [6.07, 6.45) is -1.98. The van der Waals surface area contributed by atoms with Crippen molar-refractivity contribution in [3.63, 3.8) is 0 Å². The summed E-state index contributed by atoms with van der Waals surface area (Å²) in [4.78, 5) is 22.6. The summed E-state index contributed by atoms with van der Waals surface area (Å²) in [5.41, 5.74) is -0.358. The van der Waals surface area contributed by atoms with E-state index in [1.54, 1.807) is 0 Å². The summed E-state index contributed by atoms with van der Waals surface area (Å²) in [6.45, 7) is 0. The number of alkyl halides is 3. The van der Waals surface area contributed by atoms with Gasteiger partial charge < -0.3 is 5.11 Å². The van der Waals surface area contributed by atoms with Crippen LogP contribution in [0.25, 0.3) is 6.08 Å². The van der Waals surface area contributed by atoms with Gasteiger partial charge in [0.25, 0.3) is 0 Å². The molecule has 0 saturated carbocycles. The summed E-state index contributed by atoms with van der Waals surface area (Å²) < 4.78 is 51.3. The molecule has 0 aliphatic heterocycles. The quantitative estimate of drug-likeness (QED) is 0.333. The molecule has 0 fully saturated rings. The average molecular weight is 384 g/mol. The monoisotopic (exact) mass is 384 g/mol. The number of rotatable bonds is 6. The van der Waals surface area contributed by atoms with Crippen molar-refractivity contribution in [1.82, 2.24) is 0 Å². The normalized spacial score (nSPS) is 11.7. The lowest BCUT2D eigenvalue weighted by molar-refractivity contribution is -0.137. The van der Waals surface area contributed by atoms with Gasteiger partial charge in [0.2, 0.25) is 0 Å². The van der Waals surface area contributed by atoms with Crippen LogP contribution in [-0.4, -0.2) is 22.6 Å². The number of hydrogen-bond donors (Lipinski definition) is 1. The zero-order valence-electron chi connectivity index (χ0n) is 13.1. The first-order chi connectivity index (χ1) is 12.2. The minimum Gasteiger partial charge on any atom is -0.481 e. The second kappa shape index (κ2) is 8.18. The first kappa shape index (κ1) is 19.7. The number of ketones is 1. The van der Waals surface area contributed by atoms with Crippen LogP contribution in [0.5, 0.6) is 0 Å². The molecule has 0 radical (unpaired) electrons. The van der Waals surface area contributed by atoms with Crippen LogP contribution in [-0.2, 0) is 11.0 Å². The fraction of sp³-hybridized carbons (Fsp3) is 0.111. The molecule has 0 spiro atoms. The summed E-state index contributed by atoms with van der Waals surface area (Å²) in [5.74, 6) is -2.64. The van der Waals surface area contributed by atoms with Gasteiger partial charge in [-0.2, -0.15) is 13.2 Å². The number of carboxylic acids is 1. The Morgan fingerprint density at radius 1 is 1.08 bits per heavy atom. The number of benzene rings is 2. The number of aliphatic carboxylic acids is 1. The molecule has 1 N–H and O–H groups in total. The van der Waals surface area contributed by atoms with E-state index in [1.807, 2.05) is 0 Å². The van der Waals surface area contributed by atoms with Crippen molar-refractivity contribution in [2.45, 2.75) is 11.1 Å². The van der Waals surface area contributed by atoms with Crippen LogP contribution in [0.1, 0.15) is 21.5 Å². The number of carbonyl (C=O) groups excluding carboxylic acids is 1. The van der Waals surface area contributed by atoms with Gasteiger partial charge in [-0.05, 0) is 42.0 Å². The third kappa shape index (κ3) is 5.45. The lowest BCUT2D eigenvalue weighted by Crippen LogP contribution is -2.04. The van der Waals surface area contributed by atoms with Crippen molar-refractivity contribution < 1.29 is 32.3 Å². The molecule has 0 saturated heterocycles. The highest BCUT2D eigenvalue weighted by Crippen LogP contribution is 2.29. The van der Waals surface area contributed by atoms with Gasteiger partial charge in [0.1, 0.15) is 5.82 Å². The Kier molecular flexibility index (Phi) is 6.20. The molecule has 26 heavy (non-hydrogen) atoms. The van der Waals surface area contributed by atoms with Gasteiger partial charge >= 0.3 is 12.1 Å². The number of hydrogen-bond acceptors (Lipinski definition) is 3. The molecule has 3 nitrogen and oxygen atoms in total. The van der Waals surface area contributed by atoms with Crippen LogP contribution in [0.2, 0.25) is 0 Å². The topological polar surface area (TPSA) is 54.4 Å². The van der Waals surface area contributed by atoms with E-state index in [9.17, 15) is 27.2 Å². The van der Waals surface area contributed by atoms with E-state index in [-0.39, 0.29) is 16.2 Å². The van der Waals surface area contributed by atoms with Crippen LogP contribution in [0.15, 0.2) is 53.4 Å². The molecule has 0 unspecified atom stereocenters. The van der Waals surface area contributed by atoms with Crippen molar-refractivity contribution in [3.05, 3.63) is 71.0 Å². The molecule has 0 heterocycles. The molecule has 2 rings (SSSR count). The van der Waals surface area contributed by atoms with E-state index < -0.39 is 29.3 Å². The summed E-state index contributed by atoms with van der Waals surface area (Å²) >= 11 is 0.793. The second-order valence-electron chi connectivity index (χ2n) is 5.14. The van der Waals surface area contributed by atoms with E-state index in [4.69, 9.17) is 5.11 Å². The molecule has 2 aromatic rings. The zero-order chi connectivity index (χ0) is 19.3. The summed E-state index contributed by atoms with van der Waals surface area (Å²) in [7, 11) is 0. The lowest BCUT2D eigenvalue weighted by atomic mass is 10.1. The fourth-order valence-electron chi connectivity index (χ4n) is 1.96. The first-order valence-electron chi connectivity index (χ1n) is 7.20. The minimum absolute atomic E-state index is 0.0466. The Morgan fingerprint density at radius 3 is 2.27 bits per heavy atom. The molecular formula is C18H12F4O3S. The molecule has 8 heteroatoms. The third-order valence-electron chi connectivity index (χ3n) is 3.23. The van der Waals surface area contributed by atoms with Crippen LogP contribution in [0, 0.1) is 5.82 Å². The maximum absolute atomic E-state index is 13.9. The summed E-state index contributed by atoms with van der Waals surface area (Å²) in [6, 6.07) is 7.90. The van der Waals surface area contributed by atoms with Gasteiger partial charge in [-0.15, -0.1) is 11.8 Å². The Hall–Kier alpha value is -2.61. The van der Waals surface area contributed by atoms with Crippen molar-refractivity contribution in [2.24, 2.45) is 0 Å². The smallest absolute Gasteiger partial charge is 0.416 e. The maximum Gasteiger partial charge on any atom is 0.416 e. The maximum atomic E-state index is 13.9. The number of halogens is 4. The highest BCUT2D eigenvalue weighted by molar-refractivity contribution is 8.00. The molecular weight excluding hydrogens is 372 g/mol. The molecule has 0 atom stereocenters. The Bertz CT molecular complexity index is 843. The average Bonchev–Trinajstić information content (AvgIpc) is 2.58. The zero-order valence-corrected chi connectivity index (χ0v) is 13.9. The van der Waals surface area contributed by atoms with E-state index in [2.05, 4.69) is 0 Å². The largest absolute Gasteiger partial charge is 0.481 e. The van der Waals surface area contributed by atoms with Crippen molar-refractivity contribution in [1.29, 1.82) is 0 Å². The second-order valence-corrected chi connectivity index (χ2v) is 6.16. The van der Waals surface area contributed by atoms with E-state index >= 15 is 0 Å². The van der Waals surface area contributed by atoms with Crippen LogP contribution in [0.4, 0.5) is 17.6 Å². The third-order valence-corrected chi connectivity index (χ3v) is 4.27. The van der Waals surface area contributed by atoms with E-state index in [0.717, 1.165) is 36.0 Å². The Balaban J connectivity index is 2.08. The van der Waals surface area contributed by atoms with Crippen molar-refractivity contribution in [3.8, 4) is 0 Å². The Labute approximate surface area is 150 Å². The van der Waals surface area contributed by atoms with Crippen LogP contribution in [0.3, 0.4) is 0 Å². The lowest BCUT2D eigenvalue weighted by Gasteiger charge is -2.06. The van der Waals surface area contributed by atoms with Crippen molar-refractivity contribution >= 4 is 29.6 Å². The molecule has 0 bridgehead atoms. The molecule has 0 aromatic heterocycles. The van der Waals surface area contributed by atoms with Gasteiger partial charge in [-0.3, -0.25) is 9.59 Å². The molecule has 136 valence electrons. The van der Waals surface area contributed by atoms with Crippen LogP contribution < -0.4 is 0 Å².